The van der Waals surface area contributed by atoms with Crippen molar-refractivity contribution in [1.29, 1.82) is 0 Å². The van der Waals surface area contributed by atoms with E-state index in [1.807, 2.05) is 24.2 Å². The lowest BCUT2D eigenvalue weighted by Crippen LogP contribution is -2.29. The average Bonchev–Trinajstić information content (AvgIpc) is 3.14. The molecule has 4 rings (SSSR count). The minimum atomic E-state index is 0.561. The van der Waals surface area contributed by atoms with Crippen molar-refractivity contribution in [2.24, 2.45) is 0 Å². The van der Waals surface area contributed by atoms with Gasteiger partial charge in [-0.1, -0.05) is 11.9 Å². The fraction of sp³-hybridized carbons (Fsp3) is 0.545. The molecule has 28 heavy (non-hydrogen) atoms. The Morgan fingerprint density at radius 2 is 1.89 bits per heavy atom. The van der Waals surface area contributed by atoms with Crippen LogP contribution in [0.15, 0.2) is 30.5 Å². The van der Waals surface area contributed by atoms with E-state index in [1.54, 1.807) is 0 Å². The minimum Gasteiger partial charge on any atom is -0.354 e. The fourth-order valence-electron chi connectivity index (χ4n) is 4.36. The highest BCUT2D eigenvalue weighted by atomic mass is 32.2. The molecule has 2 aromatic heterocycles. The van der Waals surface area contributed by atoms with Crippen LogP contribution in [0.5, 0.6) is 0 Å². The maximum atomic E-state index is 4.98. The molecule has 1 N–H and O–H groups in total. The number of piperidine rings is 1. The van der Waals surface area contributed by atoms with E-state index in [9.17, 15) is 0 Å². The molecule has 0 unspecified atom stereocenters. The maximum Gasteiger partial charge on any atom is 0.134 e. The first-order chi connectivity index (χ1) is 13.6. The molecule has 2 fully saturated rings. The lowest BCUT2D eigenvalue weighted by molar-refractivity contribution is 0.347. The molecule has 0 spiro atoms. The van der Waals surface area contributed by atoms with Crippen LogP contribution in [0.25, 0.3) is 0 Å². The van der Waals surface area contributed by atoms with Crippen LogP contribution in [-0.4, -0.2) is 46.2 Å². The summed E-state index contributed by atoms with van der Waals surface area (Å²) in [6, 6.07) is 9.24. The monoisotopic (exact) mass is 397 g/mol. The number of nitrogens with zero attached hydrogens (tertiary/aromatic N) is 4. The third-order valence-electron chi connectivity index (χ3n) is 6.04. The van der Waals surface area contributed by atoms with Crippen molar-refractivity contribution in [2.45, 2.75) is 51.5 Å². The summed E-state index contributed by atoms with van der Waals surface area (Å²) in [5.74, 6) is 3.50. The van der Waals surface area contributed by atoms with Gasteiger partial charge in [-0.15, -0.1) is 0 Å². The van der Waals surface area contributed by atoms with Gasteiger partial charge < -0.3 is 10.2 Å². The Morgan fingerprint density at radius 3 is 2.57 bits per heavy atom. The molecule has 0 amide bonds. The van der Waals surface area contributed by atoms with Gasteiger partial charge in [0.2, 0.25) is 0 Å². The van der Waals surface area contributed by atoms with E-state index in [-0.39, 0.29) is 0 Å². The van der Waals surface area contributed by atoms with Gasteiger partial charge in [0.05, 0.1) is 0 Å². The fourth-order valence-corrected chi connectivity index (χ4v) is 4.94. The van der Waals surface area contributed by atoms with Crippen molar-refractivity contribution < 1.29 is 0 Å². The minimum absolute atomic E-state index is 0.561. The highest BCUT2D eigenvalue weighted by Crippen LogP contribution is 2.35. The summed E-state index contributed by atoms with van der Waals surface area (Å²) in [5.41, 5.74) is 2.62. The Labute approximate surface area is 173 Å². The van der Waals surface area contributed by atoms with E-state index in [4.69, 9.17) is 4.98 Å². The van der Waals surface area contributed by atoms with Crippen molar-refractivity contribution in [3.05, 3.63) is 41.6 Å². The van der Waals surface area contributed by atoms with Crippen LogP contribution in [-0.2, 0) is 0 Å². The smallest absolute Gasteiger partial charge is 0.134 e. The molecule has 0 bridgehead atoms. The third-order valence-corrected chi connectivity index (χ3v) is 6.92. The SMILES string of the molecule is CSN1CCC(c2cc(Nc3cc(C)ccn3)nc(N3CCC[C@H]3C)c2)CC1. The maximum absolute atomic E-state index is 4.98. The quantitative estimate of drug-likeness (QED) is 0.718. The topological polar surface area (TPSA) is 44.3 Å². The Balaban J connectivity index is 1.63. The van der Waals surface area contributed by atoms with Crippen molar-refractivity contribution in [3.8, 4) is 0 Å². The Kier molecular flexibility index (Phi) is 6.07. The molecule has 6 heteroatoms. The van der Waals surface area contributed by atoms with Gasteiger partial charge in [0.1, 0.15) is 17.5 Å². The van der Waals surface area contributed by atoms with Gasteiger partial charge in [-0.25, -0.2) is 9.97 Å². The van der Waals surface area contributed by atoms with Crippen LogP contribution in [0.4, 0.5) is 17.5 Å². The van der Waals surface area contributed by atoms with E-state index in [0.29, 0.717) is 12.0 Å². The van der Waals surface area contributed by atoms with Gasteiger partial charge >= 0.3 is 0 Å². The van der Waals surface area contributed by atoms with E-state index in [0.717, 1.165) is 37.1 Å². The zero-order chi connectivity index (χ0) is 19.5. The Hall–Kier alpha value is -1.79. The predicted molar refractivity (Wildman–Crippen MR) is 120 cm³/mol. The first-order valence-electron chi connectivity index (χ1n) is 10.4. The van der Waals surface area contributed by atoms with Gasteiger partial charge in [0.15, 0.2) is 0 Å². The zero-order valence-electron chi connectivity index (χ0n) is 17.2. The molecule has 0 radical (unpaired) electrons. The summed E-state index contributed by atoms with van der Waals surface area (Å²) in [6.45, 7) is 7.82. The molecular formula is C22H31N5S. The molecule has 5 nitrogen and oxygen atoms in total. The lowest BCUT2D eigenvalue weighted by Gasteiger charge is -2.31. The van der Waals surface area contributed by atoms with E-state index < -0.39 is 0 Å². The number of anilines is 3. The molecule has 0 aromatic carbocycles. The molecule has 1 atom stereocenters. The number of hydrogen-bond donors (Lipinski definition) is 1. The van der Waals surface area contributed by atoms with Crippen LogP contribution < -0.4 is 10.2 Å². The molecule has 0 aliphatic carbocycles. The average molecular weight is 398 g/mol. The van der Waals surface area contributed by atoms with E-state index >= 15 is 0 Å². The standard InChI is InChI=1S/C22H31N5S/c1-16-6-9-23-20(13-16)24-21-14-19(18-7-11-26(28-3)12-8-18)15-22(25-21)27-10-4-5-17(27)2/h6,9,13-15,17-18H,4-5,7-8,10-12H2,1-3H3,(H,23,24,25)/t17-/m1/s1. The summed E-state index contributed by atoms with van der Waals surface area (Å²) in [4.78, 5) is 11.9. The van der Waals surface area contributed by atoms with Crippen LogP contribution in [0.1, 0.15) is 49.7 Å². The number of hydrogen-bond acceptors (Lipinski definition) is 6. The van der Waals surface area contributed by atoms with Crippen molar-refractivity contribution >= 4 is 29.4 Å². The number of pyridine rings is 2. The number of aryl methyl sites for hydroxylation is 1. The van der Waals surface area contributed by atoms with Crippen molar-refractivity contribution in [3.63, 3.8) is 0 Å². The second-order valence-corrected chi connectivity index (χ2v) is 8.94. The predicted octanol–water partition coefficient (Wildman–Crippen LogP) is 4.97. The second kappa shape index (κ2) is 8.70. The molecular weight excluding hydrogens is 366 g/mol. The van der Waals surface area contributed by atoms with Gasteiger partial charge in [-0.2, -0.15) is 0 Å². The Morgan fingerprint density at radius 1 is 1.07 bits per heavy atom. The largest absolute Gasteiger partial charge is 0.354 e. The number of aromatic nitrogens is 2. The summed E-state index contributed by atoms with van der Waals surface area (Å²) >= 11 is 1.87. The summed E-state index contributed by atoms with van der Waals surface area (Å²) in [5, 5.41) is 3.46. The second-order valence-electron chi connectivity index (χ2n) is 8.06. The highest BCUT2D eigenvalue weighted by molar-refractivity contribution is 7.96. The molecule has 150 valence electrons. The van der Waals surface area contributed by atoms with Crippen molar-refractivity contribution in [1.82, 2.24) is 14.3 Å². The Bertz CT molecular complexity index is 803. The number of nitrogens with one attached hydrogen (secondary N) is 1. The van der Waals surface area contributed by atoms with Crippen LogP contribution in [0.3, 0.4) is 0 Å². The van der Waals surface area contributed by atoms with Gasteiger partial charge in [-0.05, 0) is 87.1 Å². The van der Waals surface area contributed by atoms with Crippen LogP contribution in [0, 0.1) is 6.92 Å². The van der Waals surface area contributed by atoms with E-state index in [1.165, 1.54) is 36.8 Å². The first kappa shape index (κ1) is 19.5. The zero-order valence-corrected chi connectivity index (χ0v) is 18.0. The molecule has 2 aliphatic heterocycles. The van der Waals surface area contributed by atoms with Crippen LogP contribution in [0.2, 0.25) is 0 Å². The molecule has 4 heterocycles. The third kappa shape index (κ3) is 4.44. The lowest BCUT2D eigenvalue weighted by atomic mass is 9.90. The normalized spacial score (nSPS) is 21.2. The van der Waals surface area contributed by atoms with Crippen LogP contribution >= 0.6 is 11.9 Å². The highest BCUT2D eigenvalue weighted by Gasteiger charge is 2.25. The molecule has 2 aromatic rings. The first-order valence-corrected chi connectivity index (χ1v) is 11.6. The molecule has 0 saturated carbocycles. The summed E-state index contributed by atoms with van der Waals surface area (Å²) in [7, 11) is 0. The number of rotatable bonds is 5. The van der Waals surface area contributed by atoms with Gasteiger partial charge in [-0.3, -0.25) is 4.31 Å². The van der Waals surface area contributed by atoms with Crippen molar-refractivity contribution in [2.75, 3.05) is 36.1 Å². The summed E-state index contributed by atoms with van der Waals surface area (Å²) < 4.78 is 2.47. The molecule has 2 saturated heterocycles. The van der Waals surface area contributed by atoms with Gasteiger partial charge in [0, 0.05) is 31.9 Å². The molecule has 2 aliphatic rings. The van der Waals surface area contributed by atoms with Gasteiger partial charge in [0.25, 0.3) is 0 Å². The van der Waals surface area contributed by atoms with E-state index in [2.05, 4.69) is 57.8 Å². The summed E-state index contributed by atoms with van der Waals surface area (Å²) in [6.07, 6.45) is 8.95.